The molecule has 2 N–H and O–H groups in total. The monoisotopic (exact) mass is 217 g/mol. The summed E-state index contributed by atoms with van der Waals surface area (Å²) in [5, 5.41) is 10.7. The Kier molecular flexibility index (Phi) is 4.77. The summed E-state index contributed by atoms with van der Waals surface area (Å²) in [5.74, 6) is -1.27. The van der Waals surface area contributed by atoms with E-state index in [1.807, 2.05) is 0 Å². The van der Waals surface area contributed by atoms with E-state index in [9.17, 15) is 14.4 Å². The van der Waals surface area contributed by atoms with E-state index in [1.165, 1.54) is 0 Å². The molecule has 0 heterocycles. The maximum Gasteiger partial charge on any atom is 0.408 e. The molecule has 0 fully saturated rings. The van der Waals surface area contributed by atoms with E-state index in [-0.39, 0.29) is 6.42 Å². The number of carbonyl (C=O) groups excluding carboxylic acids is 2. The highest BCUT2D eigenvalue weighted by Gasteiger charge is 2.23. The van der Waals surface area contributed by atoms with Crippen LogP contribution in [-0.4, -0.2) is 35.1 Å². The summed E-state index contributed by atoms with van der Waals surface area (Å²) >= 11 is 0. The molecule has 86 valence electrons. The summed E-state index contributed by atoms with van der Waals surface area (Å²) in [6, 6.07) is -1.24. The fraction of sp³-hybridized carbons (Fsp3) is 0.667. The van der Waals surface area contributed by atoms with Crippen molar-refractivity contribution in [1.82, 2.24) is 5.32 Å². The summed E-state index contributed by atoms with van der Waals surface area (Å²) in [7, 11) is 0. The van der Waals surface area contributed by atoms with Gasteiger partial charge in [0.05, 0.1) is 0 Å². The van der Waals surface area contributed by atoms with E-state index in [1.54, 1.807) is 20.8 Å². The van der Waals surface area contributed by atoms with Gasteiger partial charge in [-0.2, -0.15) is 0 Å². The first kappa shape index (κ1) is 13.4. The number of carboxylic acids is 1. The van der Waals surface area contributed by atoms with Gasteiger partial charge in [-0.3, -0.25) is 0 Å². The molecular weight excluding hydrogens is 202 g/mol. The molecule has 1 amide bonds. The van der Waals surface area contributed by atoms with Crippen LogP contribution in [0.3, 0.4) is 0 Å². The van der Waals surface area contributed by atoms with E-state index in [0.29, 0.717) is 6.29 Å². The molecule has 0 aromatic heterocycles. The summed E-state index contributed by atoms with van der Waals surface area (Å²) in [6.45, 7) is 4.96. The van der Waals surface area contributed by atoms with Gasteiger partial charge in [-0.25, -0.2) is 9.59 Å². The third-order valence-electron chi connectivity index (χ3n) is 1.32. The van der Waals surface area contributed by atoms with E-state index >= 15 is 0 Å². The Labute approximate surface area is 87.6 Å². The Morgan fingerprint density at radius 3 is 2.33 bits per heavy atom. The van der Waals surface area contributed by atoms with Gasteiger partial charge < -0.3 is 20.0 Å². The minimum atomic E-state index is -1.27. The van der Waals surface area contributed by atoms with Crippen LogP contribution in [0.2, 0.25) is 0 Å². The van der Waals surface area contributed by atoms with Crippen molar-refractivity contribution < 1.29 is 24.2 Å². The molecule has 0 rings (SSSR count). The number of hydrogen-bond donors (Lipinski definition) is 2. The maximum absolute atomic E-state index is 11.1. The van der Waals surface area contributed by atoms with Gasteiger partial charge in [-0.05, 0) is 20.8 Å². The van der Waals surface area contributed by atoms with Crippen molar-refractivity contribution in [3.8, 4) is 0 Å². The predicted molar refractivity (Wildman–Crippen MR) is 51.5 cm³/mol. The Morgan fingerprint density at radius 1 is 1.47 bits per heavy atom. The molecule has 0 radical (unpaired) electrons. The molecule has 6 heteroatoms. The van der Waals surface area contributed by atoms with Gasteiger partial charge in [0, 0.05) is 6.42 Å². The SMILES string of the molecule is CC(C)(C)OC(=O)N[C@@H](CC=O)C(=O)O. The molecule has 6 nitrogen and oxygen atoms in total. The molecule has 0 saturated carbocycles. The highest BCUT2D eigenvalue weighted by Crippen LogP contribution is 2.06. The molecule has 0 aromatic rings. The Morgan fingerprint density at radius 2 is 2.00 bits per heavy atom. The molecule has 0 unspecified atom stereocenters. The van der Waals surface area contributed by atoms with Crippen LogP contribution in [0.1, 0.15) is 27.2 Å². The number of rotatable bonds is 4. The quantitative estimate of drug-likeness (QED) is 0.671. The minimum Gasteiger partial charge on any atom is -0.480 e. The topological polar surface area (TPSA) is 92.7 Å². The van der Waals surface area contributed by atoms with Crippen LogP contribution < -0.4 is 5.32 Å². The Bertz CT molecular complexity index is 256. The number of carbonyl (C=O) groups is 3. The zero-order chi connectivity index (χ0) is 12.1. The molecule has 0 aliphatic rings. The molecule has 1 atom stereocenters. The average molecular weight is 217 g/mol. The minimum absolute atomic E-state index is 0.283. The standard InChI is InChI=1S/C9H15NO5/c1-9(2,3)15-8(14)10-6(4-5-11)7(12)13/h5-6H,4H2,1-3H3,(H,10,14)(H,12,13)/t6-/m0/s1. The molecule has 0 aliphatic carbocycles. The van der Waals surface area contributed by atoms with Crippen LogP contribution >= 0.6 is 0 Å². The first-order valence-electron chi connectivity index (χ1n) is 4.42. The fourth-order valence-corrected chi connectivity index (χ4v) is 0.768. The number of nitrogens with one attached hydrogen (secondary N) is 1. The lowest BCUT2D eigenvalue weighted by molar-refractivity contribution is -0.140. The zero-order valence-electron chi connectivity index (χ0n) is 8.94. The fourth-order valence-electron chi connectivity index (χ4n) is 0.768. The highest BCUT2D eigenvalue weighted by atomic mass is 16.6. The van der Waals surface area contributed by atoms with E-state index in [2.05, 4.69) is 5.32 Å². The van der Waals surface area contributed by atoms with E-state index in [4.69, 9.17) is 9.84 Å². The average Bonchev–Trinajstić information content (AvgIpc) is 1.99. The van der Waals surface area contributed by atoms with Crippen molar-refractivity contribution in [3.05, 3.63) is 0 Å². The summed E-state index contributed by atoms with van der Waals surface area (Å²) < 4.78 is 4.84. The van der Waals surface area contributed by atoms with Crippen molar-refractivity contribution in [3.63, 3.8) is 0 Å². The molecule has 0 bridgehead atoms. The first-order valence-corrected chi connectivity index (χ1v) is 4.42. The van der Waals surface area contributed by atoms with Gasteiger partial charge in [0.25, 0.3) is 0 Å². The second-order valence-corrected chi connectivity index (χ2v) is 3.94. The van der Waals surface area contributed by atoms with Gasteiger partial charge in [-0.15, -0.1) is 0 Å². The number of ether oxygens (including phenoxy) is 1. The van der Waals surface area contributed by atoms with Crippen LogP contribution in [-0.2, 0) is 14.3 Å². The second-order valence-electron chi connectivity index (χ2n) is 3.94. The van der Waals surface area contributed by atoms with Crippen LogP contribution in [0.25, 0.3) is 0 Å². The van der Waals surface area contributed by atoms with E-state index in [0.717, 1.165) is 0 Å². The van der Waals surface area contributed by atoms with Crippen molar-refractivity contribution in [2.45, 2.75) is 38.8 Å². The van der Waals surface area contributed by atoms with Gasteiger partial charge in [0.1, 0.15) is 17.9 Å². The molecule has 0 spiro atoms. The van der Waals surface area contributed by atoms with Gasteiger partial charge in [-0.1, -0.05) is 0 Å². The van der Waals surface area contributed by atoms with Gasteiger partial charge >= 0.3 is 12.1 Å². The van der Waals surface area contributed by atoms with Gasteiger partial charge in [0.15, 0.2) is 0 Å². The lowest BCUT2D eigenvalue weighted by Crippen LogP contribution is -2.43. The predicted octanol–water partition coefficient (Wildman–Crippen LogP) is 0.553. The van der Waals surface area contributed by atoms with Gasteiger partial charge in [0.2, 0.25) is 0 Å². The lowest BCUT2D eigenvalue weighted by Gasteiger charge is -2.21. The van der Waals surface area contributed by atoms with Crippen LogP contribution in [0.4, 0.5) is 4.79 Å². The van der Waals surface area contributed by atoms with Crippen molar-refractivity contribution in [1.29, 1.82) is 0 Å². The molecule has 0 aromatic carbocycles. The van der Waals surface area contributed by atoms with Crippen LogP contribution in [0.15, 0.2) is 0 Å². The largest absolute Gasteiger partial charge is 0.480 e. The first-order chi connectivity index (χ1) is 6.76. The second kappa shape index (κ2) is 5.33. The number of alkyl carbamates (subject to hydrolysis) is 1. The zero-order valence-corrected chi connectivity index (χ0v) is 8.94. The lowest BCUT2D eigenvalue weighted by atomic mass is 10.2. The summed E-state index contributed by atoms with van der Waals surface area (Å²) in [6.07, 6.45) is -0.707. The smallest absolute Gasteiger partial charge is 0.408 e. The Balaban J connectivity index is 4.23. The van der Waals surface area contributed by atoms with E-state index < -0.39 is 23.7 Å². The molecule has 0 saturated heterocycles. The highest BCUT2D eigenvalue weighted by molar-refractivity contribution is 5.82. The third-order valence-corrected chi connectivity index (χ3v) is 1.32. The summed E-state index contributed by atoms with van der Waals surface area (Å²) in [4.78, 5) is 31.8. The van der Waals surface area contributed by atoms with Crippen molar-refractivity contribution >= 4 is 18.3 Å². The normalized spacial score (nSPS) is 12.7. The number of aliphatic carboxylic acids is 1. The number of hydrogen-bond acceptors (Lipinski definition) is 4. The number of amides is 1. The molecular formula is C9H15NO5. The number of carboxylic acid groups (broad SMARTS) is 1. The van der Waals surface area contributed by atoms with Crippen molar-refractivity contribution in [2.75, 3.05) is 0 Å². The number of aldehydes is 1. The summed E-state index contributed by atoms with van der Waals surface area (Å²) in [5.41, 5.74) is -0.700. The molecule has 15 heavy (non-hydrogen) atoms. The van der Waals surface area contributed by atoms with Crippen LogP contribution in [0.5, 0.6) is 0 Å². The molecule has 0 aliphatic heterocycles. The van der Waals surface area contributed by atoms with Crippen molar-refractivity contribution in [2.24, 2.45) is 0 Å². The Hall–Kier alpha value is -1.59. The van der Waals surface area contributed by atoms with Crippen LogP contribution in [0, 0.1) is 0 Å². The third kappa shape index (κ3) is 6.48. The maximum atomic E-state index is 11.1.